The van der Waals surface area contributed by atoms with Crippen LogP contribution >= 0.6 is 0 Å². The molecule has 120 valence electrons. The van der Waals surface area contributed by atoms with Crippen LogP contribution in [0.4, 0.5) is 0 Å². The lowest BCUT2D eigenvalue weighted by Gasteiger charge is -2.19. The molecule has 2 rings (SSSR count). The van der Waals surface area contributed by atoms with Gasteiger partial charge in [0.15, 0.2) is 0 Å². The number of ether oxygens (including phenoxy) is 1. The van der Waals surface area contributed by atoms with Crippen molar-refractivity contribution in [1.82, 2.24) is 5.32 Å². The summed E-state index contributed by atoms with van der Waals surface area (Å²) in [6.07, 6.45) is 6.08. The van der Waals surface area contributed by atoms with Crippen molar-refractivity contribution < 1.29 is 14.6 Å². The van der Waals surface area contributed by atoms with Gasteiger partial charge >= 0.3 is 0 Å². The van der Waals surface area contributed by atoms with Crippen molar-refractivity contribution in [3.63, 3.8) is 0 Å². The van der Waals surface area contributed by atoms with Gasteiger partial charge in [-0.05, 0) is 44.2 Å². The van der Waals surface area contributed by atoms with Gasteiger partial charge in [-0.2, -0.15) is 0 Å². The van der Waals surface area contributed by atoms with E-state index < -0.39 is 6.10 Å². The predicted molar refractivity (Wildman–Crippen MR) is 86.9 cm³/mol. The number of carbonyl (C=O) groups excluding carboxylic acids is 1. The molecule has 22 heavy (non-hydrogen) atoms. The van der Waals surface area contributed by atoms with Gasteiger partial charge in [-0.25, -0.2) is 0 Å². The van der Waals surface area contributed by atoms with Crippen molar-refractivity contribution in [1.29, 1.82) is 0 Å². The Morgan fingerprint density at radius 2 is 2.09 bits per heavy atom. The third-order valence-corrected chi connectivity index (χ3v) is 3.98. The average molecular weight is 303 g/mol. The van der Waals surface area contributed by atoms with Gasteiger partial charge in [0.25, 0.3) is 0 Å². The van der Waals surface area contributed by atoms with Gasteiger partial charge in [0, 0.05) is 12.5 Å². The number of rotatable bonds is 6. The highest BCUT2D eigenvalue weighted by Gasteiger charge is 2.19. The van der Waals surface area contributed by atoms with Gasteiger partial charge in [-0.15, -0.1) is 0 Å². The highest BCUT2D eigenvalue weighted by atomic mass is 16.5. The normalized spacial score (nSPS) is 18.8. The minimum absolute atomic E-state index is 0.0236. The Balaban J connectivity index is 1.75. The van der Waals surface area contributed by atoms with Crippen molar-refractivity contribution in [2.45, 2.75) is 39.2 Å². The molecule has 0 saturated heterocycles. The van der Waals surface area contributed by atoms with Gasteiger partial charge < -0.3 is 15.2 Å². The van der Waals surface area contributed by atoms with Crippen LogP contribution in [0.1, 0.15) is 30.4 Å². The molecular formula is C18H25NO3. The summed E-state index contributed by atoms with van der Waals surface area (Å²) in [5.41, 5.74) is 2.09. The lowest BCUT2D eigenvalue weighted by Crippen LogP contribution is -2.38. The first-order chi connectivity index (χ1) is 10.6. The van der Waals surface area contributed by atoms with E-state index in [1.165, 1.54) is 0 Å². The molecule has 1 aliphatic carbocycles. The fourth-order valence-electron chi connectivity index (χ4n) is 2.66. The van der Waals surface area contributed by atoms with Crippen molar-refractivity contribution in [2.24, 2.45) is 5.92 Å². The first-order valence-electron chi connectivity index (χ1n) is 7.87. The molecule has 0 fully saturated rings. The second-order valence-corrected chi connectivity index (χ2v) is 5.91. The van der Waals surface area contributed by atoms with Crippen molar-refractivity contribution in [3.05, 3.63) is 41.5 Å². The van der Waals surface area contributed by atoms with Gasteiger partial charge in [-0.1, -0.05) is 30.4 Å². The van der Waals surface area contributed by atoms with E-state index in [0.717, 1.165) is 36.1 Å². The quantitative estimate of drug-likeness (QED) is 0.794. The van der Waals surface area contributed by atoms with Crippen LogP contribution in [-0.4, -0.2) is 30.3 Å². The lowest BCUT2D eigenvalue weighted by atomic mass is 9.94. The summed E-state index contributed by atoms with van der Waals surface area (Å²) in [6, 6.07) is 5.94. The maximum atomic E-state index is 12.0. The van der Waals surface area contributed by atoms with Gasteiger partial charge in [0.2, 0.25) is 5.91 Å². The van der Waals surface area contributed by atoms with Gasteiger partial charge in [0.1, 0.15) is 18.5 Å². The molecule has 1 aromatic rings. The Hall–Kier alpha value is -1.81. The second kappa shape index (κ2) is 7.99. The molecule has 1 amide bonds. The van der Waals surface area contributed by atoms with E-state index in [1.54, 1.807) is 0 Å². The molecular weight excluding hydrogens is 278 g/mol. The van der Waals surface area contributed by atoms with Crippen LogP contribution in [-0.2, 0) is 4.79 Å². The van der Waals surface area contributed by atoms with Crippen molar-refractivity contribution in [3.8, 4) is 5.75 Å². The number of amides is 1. The Kier molecular flexibility index (Phi) is 6.01. The van der Waals surface area contributed by atoms with Crippen LogP contribution in [0.3, 0.4) is 0 Å². The minimum Gasteiger partial charge on any atom is -0.490 e. The summed E-state index contributed by atoms with van der Waals surface area (Å²) in [7, 11) is 0. The number of hydrogen-bond acceptors (Lipinski definition) is 3. The number of nitrogens with one attached hydrogen (secondary N) is 1. The molecule has 0 heterocycles. The molecule has 4 heteroatoms. The zero-order valence-corrected chi connectivity index (χ0v) is 13.3. The smallest absolute Gasteiger partial charge is 0.223 e. The second-order valence-electron chi connectivity index (χ2n) is 5.91. The van der Waals surface area contributed by atoms with E-state index in [-0.39, 0.29) is 25.0 Å². The number of aliphatic hydroxyl groups excluding tert-OH is 1. The fraction of sp³-hybridized carbons (Fsp3) is 0.500. The van der Waals surface area contributed by atoms with Crippen LogP contribution < -0.4 is 10.1 Å². The van der Waals surface area contributed by atoms with E-state index in [9.17, 15) is 9.90 Å². The summed E-state index contributed by atoms with van der Waals surface area (Å²) in [4.78, 5) is 12.0. The summed E-state index contributed by atoms with van der Waals surface area (Å²) in [6.45, 7) is 4.36. The number of allylic oxidation sites excluding steroid dienone is 2. The fourth-order valence-corrected chi connectivity index (χ4v) is 2.66. The molecule has 0 aromatic heterocycles. The number of benzene rings is 1. The monoisotopic (exact) mass is 303 g/mol. The third-order valence-electron chi connectivity index (χ3n) is 3.98. The molecule has 2 atom stereocenters. The van der Waals surface area contributed by atoms with Crippen LogP contribution in [0.5, 0.6) is 5.75 Å². The third kappa shape index (κ3) is 4.60. The van der Waals surface area contributed by atoms with Crippen LogP contribution in [0.2, 0.25) is 0 Å². The molecule has 0 aliphatic heterocycles. The Morgan fingerprint density at radius 3 is 2.73 bits per heavy atom. The zero-order valence-electron chi connectivity index (χ0n) is 13.3. The largest absolute Gasteiger partial charge is 0.490 e. The Bertz CT molecular complexity index is 519. The summed E-state index contributed by atoms with van der Waals surface area (Å²) < 4.78 is 5.69. The number of aliphatic hydroxyl groups is 1. The molecule has 4 nitrogen and oxygen atoms in total. The predicted octanol–water partition coefficient (Wildman–Crippen LogP) is 2.52. The molecule has 2 N–H and O–H groups in total. The van der Waals surface area contributed by atoms with E-state index in [0.29, 0.717) is 0 Å². The molecule has 0 radical (unpaired) electrons. The number of hydrogen-bond donors (Lipinski definition) is 2. The van der Waals surface area contributed by atoms with Crippen molar-refractivity contribution >= 4 is 5.91 Å². The summed E-state index contributed by atoms with van der Waals surface area (Å²) in [5, 5.41) is 12.8. The van der Waals surface area contributed by atoms with Gasteiger partial charge in [0.05, 0.1) is 0 Å². The van der Waals surface area contributed by atoms with Crippen LogP contribution in [0, 0.1) is 19.8 Å². The number of carbonyl (C=O) groups is 1. The number of para-hydroxylation sites is 1. The van der Waals surface area contributed by atoms with Crippen LogP contribution in [0.15, 0.2) is 30.4 Å². The molecule has 1 aliphatic rings. The number of aryl methyl sites for hydroxylation is 2. The molecule has 0 spiro atoms. The average Bonchev–Trinajstić information content (AvgIpc) is 2.53. The molecule has 1 aromatic carbocycles. The summed E-state index contributed by atoms with van der Waals surface area (Å²) in [5.74, 6) is 0.873. The van der Waals surface area contributed by atoms with E-state index in [1.807, 2.05) is 38.1 Å². The lowest BCUT2D eigenvalue weighted by molar-refractivity contribution is -0.125. The molecule has 2 unspecified atom stereocenters. The molecule has 0 bridgehead atoms. The van der Waals surface area contributed by atoms with Crippen LogP contribution in [0.25, 0.3) is 0 Å². The minimum atomic E-state index is -0.706. The SMILES string of the molecule is Cc1cccc(C)c1OCC(O)CNC(=O)C1CC=CCC1. The molecule has 0 saturated carbocycles. The van der Waals surface area contributed by atoms with E-state index >= 15 is 0 Å². The van der Waals surface area contributed by atoms with Crippen molar-refractivity contribution in [2.75, 3.05) is 13.2 Å². The highest BCUT2D eigenvalue weighted by molar-refractivity contribution is 5.78. The first kappa shape index (κ1) is 16.6. The highest BCUT2D eigenvalue weighted by Crippen LogP contribution is 2.22. The first-order valence-corrected chi connectivity index (χ1v) is 7.87. The van der Waals surface area contributed by atoms with Gasteiger partial charge in [-0.3, -0.25) is 4.79 Å². The van der Waals surface area contributed by atoms with E-state index in [2.05, 4.69) is 11.4 Å². The summed E-state index contributed by atoms with van der Waals surface area (Å²) >= 11 is 0. The standard InChI is InChI=1S/C18H25NO3/c1-13-7-6-8-14(2)17(13)22-12-16(20)11-19-18(21)15-9-4-3-5-10-15/h3-4,6-8,15-16,20H,5,9-12H2,1-2H3,(H,19,21). The Morgan fingerprint density at radius 1 is 1.36 bits per heavy atom. The maximum Gasteiger partial charge on any atom is 0.223 e. The Labute approximate surface area is 132 Å². The van der Waals surface area contributed by atoms with E-state index in [4.69, 9.17) is 4.74 Å². The maximum absolute atomic E-state index is 12.0. The zero-order chi connectivity index (χ0) is 15.9. The topological polar surface area (TPSA) is 58.6 Å².